The number of nitrogens with one attached hydrogen (secondary N) is 1. The number of aryl methyl sites for hydroxylation is 2. The molecule has 1 heterocycles. The lowest BCUT2D eigenvalue weighted by molar-refractivity contribution is -0.116. The molecule has 3 N–H and O–H groups in total. The molecule has 1 aromatic carbocycles. The Labute approximate surface area is 111 Å². The van der Waals surface area contributed by atoms with Crippen molar-refractivity contribution in [2.75, 3.05) is 11.1 Å². The molecule has 5 nitrogen and oxygen atoms in total. The minimum absolute atomic E-state index is 0.0372. The first kappa shape index (κ1) is 13.1. The first-order chi connectivity index (χ1) is 9.06. The van der Waals surface area contributed by atoms with Crippen LogP contribution in [0.2, 0.25) is 0 Å². The van der Waals surface area contributed by atoms with Crippen LogP contribution in [0.1, 0.15) is 23.4 Å². The molecular formula is C14H17N3O2. The lowest BCUT2D eigenvalue weighted by Gasteiger charge is -2.05. The van der Waals surface area contributed by atoms with E-state index in [1.807, 2.05) is 13.8 Å². The average molecular weight is 259 g/mol. The maximum Gasteiger partial charge on any atom is 0.224 e. The summed E-state index contributed by atoms with van der Waals surface area (Å²) >= 11 is 0. The van der Waals surface area contributed by atoms with Gasteiger partial charge >= 0.3 is 0 Å². The van der Waals surface area contributed by atoms with Gasteiger partial charge in [0.25, 0.3) is 0 Å². The molecule has 0 bridgehead atoms. The van der Waals surface area contributed by atoms with Crippen molar-refractivity contribution < 1.29 is 9.32 Å². The van der Waals surface area contributed by atoms with Crippen LogP contribution in [-0.2, 0) is 11.2 Å². The molecule has 0 saturated heterocycles. The number of nitrogens with zero attached hydrogens (tertiary/aromatic N) is 1. The maximum absolute atomic E-state index is 11.8. The topological polar surface area (TPSA) is 81.2 Å². The second-order valence-corrected chi connectivity index (χ2v) is 4.47. The van der Waals surface area contributed by atoms with Gasteiger partial charge in [0.05, 0.1) is 5.69 Å². The Morgan fingerprint density at radius 1 is 1.32 bits per heavy atom. The number of benzene rings is 1. The summed E-state index contributed by atoms with van der Waals surface area (Å²) in [4.78, 5) is 11.8. The zero-order valence-corrected chi connectivity index (χ0v) is 11.1. The van der Waals surface area contributed by atoms with Gasteiger partial charge in [-0.05, 0) is 44.5 Å². The number of nitrogens with two attached hydrogens (primary N) is 1. The monoisotopic (exact) mass is 259 g/mol. The Morgan fingerprint density at radius 2 is 2.00 bits per heavy atom. The van der Waals surface area contributed by atoms with Gasteiger partial charge in [0.1, 0.15) is 5.76 Å². The largest absolute Gasteiger partial charge is 0.399 e. The molecule has 1 aromatic heterocycles. The highest BCUT2D eigenvalue weighted by atomic mass is 16.5. The predicted molar refractivity (Wildman–Crippen MR) is 73.8 cm³/mol. The van der Waals surface area contributed by atoms with E-state index in [0.29, 0.717) is 18.5 Å². The quantitative estimate of drug-likeness (QED) is 0.826. The molecule has 2 rings (SSSR count). The Balaban J connectivity index is 1.90. The summed E-state index contributed by atoms with van der Waals surface area (Å²) in [6.45, 7) is 3.73. The van der Waals surface area contributed by atoms with Gasteiger partial charge in [0.15, 0.2) is 0 Å². The van der Waals surface area contributed by atoms with E-state index in [1.165, 1.54) is 0 Å². The maximum atomic E-state index is 11.8. The number of aromatic nitrogens is 1. The van der Waals surface area contributed by atoms with Gasteiger partial charge in [0, 0.05) is 23.4 Å². The third-order valence-electron chi connectivity index (χ3n) is 2.98. The number of carbonyl (C=O) groups is 1. The number of anilines is 2. The molecule has 1 amide bonds. The number of nitrogen functional groups attached to an aromatic ring is 1. The number of rotatable bonds is 4. The van der Waals surface area contributed by atoms with E-state index in [4.69, 9.17) is 10.3 Å². The molecule has 5 heteroatoms. The van der Waals surface area contributed by atoms with Gasteiger partial charge in [-0.2, -0.15) is 0 Å². The first-order valence-corrected chi connectivity index (χ1v) is 6.13. The van der Waals surface area contributed by atoms with Crippen LogP contribution in [0.5, 0.6) is 0 Å². The Hall–Kier alpha value is -2.30. The van der Waals surface area contributed by atoms with Crippen LogP contribution >= 0.6 is 0 Å². The standard InChI is InChI=1S/C14H17N3O2/c1-9-13(10(2)19-17-9)7-8-14(18)16-12-5-3-11(15)4-6-12/h3-6H,7-8,15H2,1-2H3,(H,16,18). The molecular weight excluding hydrogens is 242 g/mol. The molecule has 0 unspecified atom stereocenters. The normalized spacial score (nSPS) is 10.4. The lowest BCUT2D eigenvalue weighted by atomic mass is 10.1. The van der Waals surface area contributed by atoms with Crippen molar-refractivity contribution in [3.63, 3.8) is 0 Å². The second-order valence-electron chi connectivity index (χ2n) is 4.47. The summed E-state index contributed by atoms with van der Waals surface area (Å²) in [5.74, 6) is 0.738. The number of amides is 1. The smallest absolute Gasteiger partial charge is 0.224 e. The second kappa shape index (κ2) is 5.56. The molecule has 2 aromatic rings. The van der Waals surface area contributed by atoms with Crippen LogP contribution in [0, 0.1) is 13.8 Å². The Morgan fingerprint density at radius 3 is 2.58 bits per heavy atom. The van der Waals surface area contributed by atoms with Gasteiger partial charge in [-0.1, -0.05) is 5.16 Å². The van der Waals surface area contributed by atoms with Crippen molar-refractivity contribution in [3.8, 4) is 0 Å². The average Bonchev–Trinajstić information content (AvgIpc) is 2.70. The van der Waals surface area contributed by atoms with E-state index >= 15 is 0 Å². The van der Waals surface area contributed by atoms with Gasteiger partial charge < -0.3 is 15.6 Å². The van der Waals surface area contributed by atoms with Gasteiger partial charge in [-0.15, -0.1) is 0 Å². The van der Waals surface area contributed by atoms with Crippen molar-refractivity contribution in [2.24, 2.45) is 0 Å². The molecule has 100 valence electrons. The van der Waals surface area contributed by atoms with Crippen LogP contribution in [0.25, 0.3) is 0 Å². The van der Waals surface area contributed by atoms with Crippen LogP contribution in [-0.4, -0.2) is 11.1 Å². The van der Waals surface area contributed by atoms with E-state index in [9.17, 15) is 4.79 Å². The van der Waals surface area contributed by atoms with Crippen LogP contribution < -0.4 is 11.1 Å². The first-order valence-electron chi connectivity index (χ1n) is 6.13. The van der Waals surface area contributed by atoms with E-state index < -0.39 is 0 Å². The summed E-state index contributed by atoms with van der Waals surface area (Å²) in [5.41, 5.74) is 8.86. The fourth-order valence-electron chi connectivity index (χ4n) is 1.89. The Kier molecular flexibility index (Phi) is 3.85. The molecule has 0 spiro atoms. The molecule has 19 heavy (non-hydrogen) atoms. The zero-order valence-electron chi connectivity index (χ0n) is 11.1. The van der Waals surface area contributed by atoms with E-state index in [0.717, 1.165) is 22.7 Å². The van der Waals surface area contributed by atoms with E-state index in [1.54, 1.807) is 24.3 Å². The number of carbonyl (C=O) groups excluding carboxylic acids is 1. The zero-order chi connectivity index (χ0) is 13.8. The summed E-state index contributed by atoms with van der Waals surface area (Å²) in [6.07, 6.45) is 1.02. The minimum atomic E-state index is -0.0372. The van der Waals surface area contributed by atoms with Gasteiger partial charge in [-0.3, -0.25) is 4.79 Å². The fraction of sp³-hybridized carbons (Fsp3) is 0.286. The summed E-state index contributed by atoms with van der Waals surface area (Å²) in [7, 11) is 0. The van der Waals surface area contributed by atoms with Crippen LogP contribution in [0.4, 0.5) is 11.4 Å². The van der Waals surface area contributed by atoms with Crippen molar-refractivity contribution >= 4 is 17.3 Å². The van der Waals surface area contributed by atoms with Gasteiger partial charge in [-0.25, -0.2) is 0 Å². The molecule has 0 aliphatic rings. The molecule has 0 aliphatic carbocycles. The van der Waals surface area contributed by atoms with E-state index in [2.05, 4.69) is 10.5 Å². The summed E-state index contributed by atoms with van der Waals surface area (Å²) < 4.78 is 5.06. The highest BCUT2D eigenvalue weighted by Crippen LogP contribution is 2.15. The minimum Gasteiger partial charge on any atom is -0.399 e. The van der Waals surface area contributed by atoms with Crippen molar-refractivity contribution in [2.45, 2.75) is 26.7 Å². The third-order valence-corrected chi connectivity index (χ3v) is 2.98. The summed E-state index contributed by atoms with van der Waals surface area (Å²) in [5, 5.41) is 6.69. The predicted octanol–water partition coefficient (Wildman–Crippen LogP) is 2.44. The lowest BCUT2D eigenvalue weighted by Crippen LogP contribution is -2.12. The molecule has 0 atom stereocenters. The Bertz CT molecular complexity index is 553. The number of hydrogen-bond acceptors (Lipinski definition) is 4. The summed E-state index contributed by atoms with van der Waals surface area (Å²) in [6, 6.07) is 7.07. The van der Waals surface area contributed by atoms with Crippen molar-refractivity contribution in [1.29, 1.82) is 0 Å². The van der Waals surface area contributed by atoms with Crippen molar-refractivity contribution in [3.05, 3.63) is 41.3 Å². The molecule has 0 saturated carbocycles. The third kappa shape index (κ3) is 3.34. The highest BCUT2D eigenvalue weighted by molar-refractivity contribution is 5.91. The van der Waals surface area contributed by atoms with E-state index in [-0.39, 0.29) is 5.91 Å². The SMILES string of the molecule is Cc1noc(C)c1CCC(=O)Nc1ccc(N)cc1. The molecule has 0 radical (unpaired) electrons. The van der Waals surface area contributed by atoms with Crippen LogP contribution in [0.3, 0.4) is 0 Å². The van der Waals surface area contributed by atoms with Gasteiger partial charge in [0.2, 0.25) is 5.91 Å². The fourth-order valence-corrected chi connectivity index (χ4v) is 1.89. The highest BCUT2D eigenvalue weighted by Gasteiger charge is 2.11. The van der Waals surface area contributed by atoms with Crippen LogP contribution in [0.15, 0.2) is 28.8 Å². The molecule has 0 aliphatic heterocycles. The number of hydrogen-bond donors (Lipinski definition) is 2. The van der Waals surface area contributed by atoms with Crippen molar-refractivity contribution in [1.82, 2.24) is 5.16 Å². The molecule has 0 fully saturated rings.